The van der Waals surface area contributed by atoms with Gasteiger partial charge in [0.1, 0.15) is 11.6 Å². The molecule has 192 valence electrons. The minimum absolute atomic E-state index is 0.0545. The van der Waals surface area contributed by atoms with Crippen LogP contribution in [0.2, 0.25) is 5.02 Å². The van der Waals surface area contributed by atoms with Crippen molar-refractivity contribution in [3.8, 4) is 0 Å². The number of para-hydroxylation sites is 1. The molecule has 1 spiro atoms. The number of carbonyl (C=O) groups excluding carboxylic acids is 3. The van der Waals surface area contributed by atoms with E-state index < -0.39 is 41.5 Å². The topological polar surface area (TPSA) is 108 Å². The summed E-state index contributed by atoms with van der Waals surface area (Å²) in [5.74, 6) is -2.38. The highest BCUT2D eigenvalue weighted by Crippen LogP contribution is 2.59. The van der Waals surface area contributed by atoms with Gasteiger partial charge in [0.2, 0.25) is 17.7 Å². The van der Waals surface area contributed by atoms with E-state index in [1.54, 1.807) is 12.1 Å². The molecule has 9 heteroatoms. The summed E-state index contributed by atoms with van der Waals surface area (Å²) < 4.78 is 6.44. The number of anilines is 1. The lowest BCUT2D eigenvalue weighted by Crippen LogP contribution is -2.57. The summed E-state index contributed by atoms with van der Waals surface area (Å²) in [7, 11) is 0. The Kier molecular flexibility index (Phi) is 7.46. The van der Waals surface area contributed by atoms with Gasteiger partial charge in [0.25, 0.3) is 0 Å². The molecule has 7 atom stereocenters. The molecule has 1 aromatic carbocycles. The fourth-order valence-electron chi connectivity index (χ4n) is 6.21. The minimum atomic E-state index is -1.11. The maximum atomic E-state index is 14.0. The average Bonchev–Trinajstić information content (AvgIpc) is 3.48. The van der Waals surface area contributed by atoms with Gasteiger partial charge in [0.05, 0.1) is 41.3 Å². The first-order valence-corrected chi connectivity index (χ1v) is 13.0. The number of hydrogen-bond acceptors (Lipinski definition) is 5. The number of ether oxygens (including phenoxy) is 1. The number of carbonyl (C=O) groups is 3. The van der Waals surface area contributed by atoms with Crippen molar-refractivity contribution in [2.75, 3.05) is 18.5 Å². The SMILES string of the molecule is CCCNC(=O)[C@@H]1[C@H]2C(=O)N([C@@H](CO)[C@@H](C)CC)C(C(=O)Nc3c(C)cccc3Cl)C23CC[C@H]1O3. The van der Waals surface area contributed by atoms with E-state index in [2.05, 4.69) is 10.6 Å². The number of nitrogens with one attached hydrogen (secondary N) is 2. The van der Waals surface area contributed by atoms with E-state index in [0.29, 0.717) is 36.5 Å². The Balaban J connectivity index is 1.77. The summed E-state index contributed by atoms with van der Waals surface area (Å²) in [5.41, 5.74) is 0.168. The Labute approximate surface area is 211 Å². The molecule has 8 nitrogen and oxygen atoms in total. The van der Waals surface area contributed by atoms with Crippen LogP contribution in [0.5, 0.6) is 0 Å². The third kappa shape index (κ3) is 4.13. The molecule has 3 aliphatic rings. The summed E-state index contributed by atoms with van der Waals surface area (Å²) in [6.07, 6.45) is 2.19. The standard InChI is InChI=1S/C26H36ClN3O5/c1-5-12-28-23(32)19-18-10-11-26(35-18)20(19)25(34)30(17(13-31)14(3)6-2)22(26)24(33)29-21-15(4)8-7-9-16(21)27/h7-9,14,17-20,22,31H,5-6,10-13H2,1-4H3,(H,28,32)(H,29,33)/t14-,17-,18+,19-,20-,22?,26?/m0/s1. The second-order valence-electron chi connectivity index (χ2n) is 10.1. The van der Waals surface area contributed by atoms with Crippen molar-refractivity contribution in [3.05, 3.63) is 28.8 Å². The highest BCUT2D eigenvalue weighted by atomic mass is 35.5. The van der Waals surface area contributed by atoms with E-state index in [4.69, 9.17) is 16.3 Å². The first kappa shape index (κ1) is 25.9. The largest absolute Gasteiger partial charge is 0.394 e. The Morgan fingerprint density at radius 3 is 2.69 bits per heavy atom. The number of fused-ring (bicyclic) bond motifs is 1. The second kappa shape index (κ2) is 10.1. The molecule has 0 aromatic heterocycles. The fourth-order valence-corrected chi connectivity index (χ4v) is 6.48. The van der Waals surface area contributed by atoms with Gasteiger partial charge in [-0.2, -0.15) is 0 Å². The third-order valence-electron chi connectivity index (χ3n) is 8.15. The molecule has 0 radical (unpaired) electrons. The Morgan fingerprint density at radius 2 is 2.06 bits per heavy atom. The van der Waals surface area contributed by atoms with Gasteiger partial charge in [-0.1, -0.05) is 50.9 Å². The first-order valence-electron chi connectivity index (χ1n) is 12.7. The molecule has 3 amide bonds. The number of rotatable bonds is 9. The van der Waals surface area contributed by atoms with Crippen molar-refractivity contribution in [3.63, 3.8) is 0 Å². The van der Waals surface area contributed by atoms with Gasteiger partial charge < -0.3 is 25.4 Å². The number of aryl methyl sites for hydroxylation is 1. The Bertz CT molecular complexity index is 983. The fraction of sp³-hybridized carbons (Fsp3) is 0.654. The van der Waals surface area contributed by atoms with Crippen molar-refractivity contribution < 1.29 is 24.2 Å². The maximum Gasteiger partial charge on any atom is 0.250 e. The van der Waals surface area contributed by atoms with Gasteiger partial charge in [-0.3, -0.25) is 14.4 Å². The summed E-state index contributed by atoms with van der Waals surface area (Å²) >= 11 is 6.39. The molecule has 3 fully saturated rings. The van der Waals surface area contributed by atoms with Gasteiger partial charge in [-0.15, -0.1) is 0 Å². The van der Waals surface area contributed by atoms with Crippen LogP contribution in [-0.4, -0.2) is 64.7 Å². The highest BCUT2D eigenvalue weighted by molar-refractivity contribution is 6.34. The molecule has 35 heavy (non-hydrogen) atoms. The van der Waals surface area contributed by atoms with E-state index in [1.165, 1.54) is 4.90 Å². The number of hydrogen-bond donors (Lipinski definition) is 3. The predicted octanol–water partition coefficient (Wildman–Crippen LogP) is 2.89. The molecule has 3 heterocycles. The Morgan fingerprint density at radius 1 is 1.31 bits per heavy atom. The molecule has 4 rings (SSSR count). The number of benzene rings is 1. The van der Waals surface area contributed by atoms with E-state index in [9.17, 15) is 19.5 Å². The van der Waals surface area contributed by atoms with Gasteiger partial charge in [0.15, 0.2) is 0 Å². The summed E-state index contributed by atoms with van der Waals surface area (Å²) in [6.45, 7) is 7.99. The molecule has 0 aliphatic carbocycles. The van der Waals surface area contributed by atoms with Crippen LogP contribution in [0, 0.1) is 24.7 Å². The van der Waals surface area contributed by atoms with E-state index in [0.717, 1.165) is 12.0 Å². The van der Waals surface area contributed by atoms with Gasteiger partial charge in [0, 0.05) is 6.54 Å². The molecule has 3 N–H and O–H groups in total. The number of amides is 3. The zero-order chi connectivity index (χ0) is 25.5. The lowest BCUT2D eigenvalue weighted by Gasteiger charge is -2.38. The van der Waals surface area contributed by atoms with Crippen molar-refractivity contribution in [2.45, 2.75) is 77.2 Å². The van der Waals surface area contributed by atoms with Crippen LogP contribution in [0.4, 0.5) is 5.69 Å². The van der Waals surface area contributed by atoms with E-state index in [1.807, 2.05) is 33.8 Å². The van der Waals surface area contributed by atoms with Crippen molar-refractivity contribution in [2.24, 2.45) is 17.8 Å². The summed E-state index contributed by atoms with van der Waals surface area (Å²) in [4.78, 5) is 42.6. The first-order chi connectivity index (χ1) is 16.7. The van der Waals surface area contributed by atoms with Crippen LogP contribution in [-0.2, 0) is 19.1 Å². The van der Waals surface area contributed by atoms with E-state index >= 15 is 0 Å². The summed E-state index contributed by atoms with van der Waals surface area (Å²) in [5, 5.41) is 16.6. The molecule has 3 aliphatic heterocycles. The van der Waals surface area contributed by atoms with Gasteiger partial charge in [-0.25, -0.2) is 0 Å². The zero-order valence-corrected chi connectivity index (χ0v) is 21.6. The van der Waals surface area contributed by atoms with Gasteiger partial charge >= 0.3 is 0 Å². The Hall–Kier alpha value is -2.16. The van der Waals surface area contributed by atoms with Crippen molar-refractivity contribution in [1.82, 2.24) is 10.2 Å². The number of aliphatic hydroxyl groups excluding tert-OH is 1. The molecule has 2 bridgehead atoms. The number of nitrogens with zero attached hydrogens (tertiary/aromatic N) is 1. The minimum Gasteiger partial charge on any atom is -0.394 e. The van der Waals surface area contributed by atoms with Crippen molar-refractivity contribution >= 4 is 35.0 Å². The molecular formula is C26H36ClN3O5. The van der Waals surface area contributed by atoms with Crippen LogP contribution in [0.15, 0.2) is 18.2 Å². The van der Waals surface area contributed by atoms with Crippen LogP contribution >= 0.6 is 11.6 Å². The molecule has 1 aromatic rings. The average molecular weight is 506 g/mol. The van der Waals surface area contributed by atoms with E-state index in [-0.39, 0.29) is 24.3 Å². The number of aliphatic hydroxyl groups is 1. The summed E-state index contributed by atoms with van der Waals surface area (Å²) in [6, 6.07) is 3.80. The quantitative estimate of drug-likeness (QED) is 0.478. The smallest absolute Gasteiger partial charge is 0.250 e. The molecular weight excluding hydrogens is 470 g/mol. The lowest BCUT2D eigenvalue weighted by atomic mass is 9.70. The lowest BCUT2D eigenvalue weighted by molar-refractivity contribution is -0.145. The highest BCUT2D eigenvalue weighted by Gasteiger charge is 2.75. The maximum absolute atomic E-state index is 14.0. The van der Waals surface area contributed by atoms with Crippen LogP contribution in [0.1, 0.15) is 52.0 Å². The van der Waals surface area contributed by atoms with Crippen molar-refractivity contribution in [1.29, 1.82) is 0 Å². The van der Waals surface area contributed by atoms with Crippen LogP contribution < -0.4 is 10.6 Å². The molecule has 0 saturated carbocycles. The number of halogens is 1. The molecule has 3 saturated heterocycles. The number of likely N-dealkylation sites (tertiary alicyclic amines) is 1. The van der Waals surface area contributed by atoms with Crippen LogP contribution in [0.25, 0.3) is 0 Å². The third-order valence-corrected chi connectivity index (χ3v) is 8.47. The molecule has 2 unspecified atom stereocenters. The second-order valence-corrected chi connectivity index (χ2v) is 10.6. The predicted molar refractivity (Wildman–Crippen MR) is 133 cm³/mol. The van der Waals surface area contributed by atoms with Crippen LogP contribution in [0.3, 0.4) is 0 Å². The zero-order valence-electron chi connectivity index (χ0n) is 20.8. The van der Waals surface area contributed by atoms with Gasteiger partial charge in [-0.05, 0) is 43.7 Å². The monoisotopic (exact) mass is 505 g/mol. The normalized spacial score (nSPS) is 30.8.